The van der Waals surface area contributed by atoms with Crippen molar-refractivity contribution < 1.29 is 23.5 Å². The monoisotopic (exact) mass is 470 g/mol. The number of carbonyl (C=O) groups is 3. The molecule has 0 saturated carbocycles. The first-order valence-electron chi connectivity index (χ1n) is 9.22. The molecule has 2 amide bonds. The summed E-state index contributed by atoms with van der Waals surface area (Å²) in [5, 5.41) is 2.93. The molecule has 9 heteroatoms. The minimum atomic E-state index is -0.729. The van der Waals surface area contributed by atoms with Crippen molar-refractivity contribution in [3.63, 3.8) is 0 Å². The SMILES string of the molecule is O=C(Oc1cccc(Cl)c1)c1ccc(NC2=C(Cl)C(=O)N(c3ccc(F)cc3)C2=O)cc1. The molecular weight excluding hydrogens is 458 g/mol. The number of amides is 2. The lowest BCUT2D eigenvalue weighted by molar-refractivity contribution is -0.120. The molecule has 0 bridgehead atoms. The second-order valence-electron chi connectivity index (χ2n) is 6.66. The molecule has 6 nitrogen and oxygen atoms in total. The molecule has 160 valence electrons. The van der Waals surface area contributed by atoms with Gasteiger partial charge < -0.3 is 10.1 Å². The van der Waals surface area contributed by atoms with Crippen molar-refractivity contribution in [3.8, 4) is 5.75 Å². The molecule has 1 aliphatic heterocycles. The maximum absolute atomic E-state index is 13.2. The van der Waals surface area contributed by atoms with Gasteiger partial charge in [-0.2, -0.15) is 0 Å². The van der Waals surface area contributed by atoms with E-state index in [1.54, 1.807) is 18.2 Å². The number of anilines is 2. The summed E-state index contributed by atoms with van der Waals surface area (Å²) in [7, 11) is 0. The van der Waals surface area contributed by atoms with Crippen molar-refractivity contribution in [3.05, 3.63) is 99.9 Å². The summed E-state index contributed by atoms with van der Waals surface area (Å²) in [6, 6.07) is 17.3. The largest absolute Gasteiger partial charge is 0.423 e. The molecule has 0 aliphatic carbocycles. The Bertz CT molecular complexity index is 1260. The van der Waals surface area contributed by atoms with Crippen LogP contribution in [0.2, 0.25) is 5.02 Å². The number of benzene rings is 3. The predicted octanol–water partition coefficient (Wildman–Crippen LogP) is 5.13. The van der Waals surface area contributed by atoms with Gasteiger partial charge in [-0.15, -0.1) is 0 Å². The van der Waals surface area contributed by atoms with Gasteiger partial charge in [-0.1, -0.05) is 29.3 Å². The minimum absolute atomic E-state index is 0.129. The van der Waals surface area contributed by atoms with Crippen molar-refractivity contribution in [2.75, 3.05) is 10.2 Å². The summed E-state index contributed by atoms with van der Waals surface area (Å²) in [5.74, 6) is -2.20. The number of esters is 1. The van der Waals surface area contributed by atoms with Gasteiger partial charge in [0.15, 0.2) is 0 Å². The molecule has 0 aromatic heterocycles. The third-order valence-electron chi connectivity index (χ3n) is 4.51. The van der Waals surface area contributed by atoms with E-state index in [1.165, 1.54) is 42.5 Å². The highest BCUT2D eigenvalue weighted by molar-refractivity contribution is 6.53. The van der Waals surface area contributed by atoms with Crippen LogP contribution in [0, 0.1) is 5.82 Å². The molecule has 4 rings (SSSR count). The van der Waals surface area contributed by atoms with E-state index in [4.69, 9.17) is 27.9 Å². The van der Waals surface area contributed by atoms with Gasteiger partial charge in [0, 0.05) is 10.7 Å². The van der Waals surface area contributed by atoms with E-state index in [1.807, 2.05) is 0 Å². The second kappa shape index (κ2) is 8.82. The van der Waals surface area contributed by atoms with Crippen LogP contribution in [-0.2, 0) is 9.59 Å². The topological polar surface area (TPSA) is 75.7 Å². The van der Waals surface area contributed by atoms with Gasteiger partial charge in [-0.05, 0) is 66.7 Å². The molecule has 0 spiro atoms. The Morgan fingerprint density at radius 3 is 2.25 bits per heavy atom. The number of hydrogen-bond donors (Lipinski definition) is 1. The number of carbonyl (C=O) groups excluding carboxylic acids is 3. The van der Waals surface area contributed by atoms with E-state index in [9.17, 15) is 18.8 Å². The third-order valence-corrected chi connectivity index (χ3v) is 5.09. The molecular formula is C23H13Cl2FN2O4. The van der Waals surface area contributed by atoms with Crippen molar-refractivity contribution in [2.45, 2.75) is 0 Å². The van der Waals surface area contributed by atoms with E-state index < -0.39 is 23.6 Å². The van der Waals surface area contributed by atoms with Gasteiger partial charge in [0.25, 0.3) is 11.8 Å². The lowest BCUT2D eigenvalue weighted by Crippen LogP contribution is -2.32. The van der Waals surface area contributed by atoms with Crippen molar-refractivity contribution in [1.82, 2.24) is 0 Å². The average Bonchev–Trinajstić information content (AvgIpc) is 2.98. The number of nitrogens with zero attached hydrogens (tertiary/aromatic N) is 1. The Kier molecular flexibility index (Phi) is 5.94. The average molecular weight is 471 g/mol. The van der Waals surface area contributed by atoms with Gasteiger partial charge in [-0.3, -0.25) is 9.59 Å². The fourth-order valence-electron chi connectivity index (χ4n) is 2.97. The Morgan fingerprint density at radius 1 is 0.906 bits per heavy atom. The van der Waals surface area contributed by atoms with Crippen LogP contribution in [-0.4, -0.2) is 17.8 Å². The minimum Gasteiger partial charge on any atom is -0.423 e. The second-order valence-corrected chi connectivity index (χ2v) is 7.47. The zero-order chi connectivity index (χ0) is 22.8. The van der Waals surface area contributed by atoms with Crippen LogP contribution in [0.1, 0.15) is 10.4 Å². The predicted molar refractivity (Wildman–Crippen MR) is 118 cm³/mol. The van der Waals surface area contributed by atoms with Crippen molar-refractivity contribution in [2.24, 2.45) is 0 Å². The molecule has 0 saturated heterocycles. The van der Waals surface area contributed by atoms with Crippen molar-refractivity contribution >= 4 is 52.4 Å². The van der Waals surface area contributed by atoms with Crippen molar-refractivity contribution in [1.29, 1.82) is 0 Å². The highest BCUT2D eigenvalue weighted by Gasteiger charge is 2.38. The standard InChI is InChI=1S/C23H13Cl2FN2O4/c24-14-2-1-3-18(12-14)32-23(31)13-4-8-16(9-5-13)27-20-19(25)21(29)28(22(20)30)17-10-6-15(26)7-11-17/h1-12,27H. The highest BCUT2D eigenvalue weighted by atomic mass is 35.5. The van der Waals surface area contributed by atoms with Gasteiger partial charge in [-0.25, -0.2) is 14.1 Å². The first-order valence-corrected chi connectivity index (χ1v) is 9.98. The van der Waals surface area contributed by atoms with Crippen LogP contribution in [0.5, 0.6) is 5.75 Å². The molecule has 0 fully saturated rings. The zero-order valence-electron chi connectivity index (χ0n) is 16.1. The van der Waals surface area contributed by atoms with Crippen LogP contribution in [0.3, 0.4) is 0 Å². The lowest BCUT2D eigenvalue weighted by Gasteiger charge is -2.15. The first kappa shape index (κ1) is 21.5. The molecule has 3 aromatic carbocycles. The third kappa shape index (κ3) is 4.34. The molecule has 0 unspecified atom stereocenters. The molecule has 1 aliphatic rings. The molecule has 1 heterocycles. The van der Waals surface area contributed by atoms with E-state index >= 15 is 0 Å². The summed E-state index contributed by atoms with van der Waals surface area (Å²) in [4.78, 5) is 38.3. The van der Waals surface area contributed by atoms with Gasteiger partial charge in [0.05, 0.1) is 11.3 Å². The molecule has 32 heavy (non-hydrogen) atoms. The molecule has 0 atom stereocenters. The number of ether oxygens (including phenoxy) is 1. The van der Waals surface area contributed by atoms with Crippen LogP contribution in [0.25, 0.3) is 0 Å². The highest BCUT2D eigenvalue weighted by Crippen LogP contribution is 2.30. The Morgan fingerprint density at radius 2 is 1.59 bits per heavy atom. The number of hydrogen-bond acceptors (Lipinski definition) is 5. The van der Waals surface area contributed by atoms with Gasteiger partial charge in [0.1, 0.15) is 22.3 Å². The van der Waals surface area contributed by atoms with E-state index in [0.717, 1.165) is 17.0 Å². The summed E-state index contributed by atoms with van der Waals surface area (Å²) < 4.78 is 18.4. The maximum atomic E-state index is 13.2. The lowest BCUT2D eigenvalue weighted by atomic mass is 10.2. The van der Waals surface area contributed by atoms with Crippen LogP contribution >= 0.6 is 23.2 Å². The van der Waals surface area contributed by atoms with Gasteiger partial charge >= 0.3 is 5.97 Å². The number of nitrogens with one attached hydrogen (secondary N) is 1. The number of rotatable bonds is 5. The molecule has 0 radical (unpaired) electrons. The first-order chi connectivity index (χ1) is 15.3. The quantitative estimate of drug-likeness (QED) is 0.317. The number of halogens is 3. The fraction of sp³-hybridized carbons (Fsp3) is 0. The Hall–Kier alpha value is -3.68. The number of imide groups is 1. The summed E-state index contributed by atoms with van der Waals surface area (Å²) >= 11 is 12.0. The summed E-state index contributed by atoms with van der Waals surface area (Å²) in [5.41, 5.74) is 0.739. The molecule has 3 aromatic rings. The maximum Gasteiger partial charge on any atom is 0.343 e. The summed E-state index contributed by atoms with van der Waals surface area (Å²) in [6.07, 6.45) is 0. The molecule has 1 N–H and O–H groups in total. The fourth-order valence-corrected chi connectivity index (χ4v) is 3.36. The summed E-state index contributed by atoms with van der Waals surface area (Å²) in [6.45, 7) is 0. The smallest absolute Gasteiger partial charge is 0.343 e. The van der Waals surface area contributed by atoms with Crippen LogP contribution in [0.15, 0.2) is 83.5 Å². The van der Waals surface area contributed by atoms with Gasteiger partial charge in [0.2, 0.25) is 0 Å². The van der Waals surface area contributed by atoms with E-state index in [-0.39, 0.29) is 22.0 Å². The Balaban J connectivity index is 1.48. The zero-order valence-corrected chi connectivity index (χ0v) is 17.7. The van der Waals surface area contributed by atoms with E-state index in [0.29, 0.717) is 16.5 Å². The Labute approximate surface area is 191 Å². The van der Waals surface area contributed by atoms with Crippen LogP contribution in [0.4, 0.5) is 15.8 Å². The normalized spacial score (nSPS) is 13.5. The van der Waals surface area contributed by atoms with E-state index in [2.05, 4.69) is 5.32 Å². The van der Waals surface area contributed by atoms with Crippen LogP contribution < -0.4 is 15.0 Å².